The van der Waals surface area contributed by atoms with Gasteiger partial charge in [0.25, 0.3) is 0 Å². The number of quaternary nitrogens is 1. The molecule has 0 amide bonds. The van der Waals surface area contributed by atoms with Crippen LogP contribution in [0.2, 0.25) is 0 Å². The number of ether oxygens (including phenoxy) is 3. The zero-order valence-electron chi connectivity index (χ0n) is 37.7. The summed E-state index contributed by atoms with van der Waals surface area (Å²) < 4.78 is 40.0. The van der Waals surface area contributed by atoms with Gasteiger partial charge in [-0.25, -0.2) is 4.57 Å². The molecule has 10 nitrogen and oxygen atoms in total. The van der Waals surface area contributed by atoms with Crippen LogP contribution >= 0.6 is 7.82 Å². The molecule has 4 atom stereocenters. The van der Waals surface area contributed by atoms with E-state index in [0.29, 0.717) is 36.1 Å². The molecule has 0 saturated carbocycles. The van der Waals surface area contributed by atoms with Crippen LogP contribution in [0.3, 0.4) is 0 Å². The number of phosphoric acid groups is 1. The normalized spacial score (nSPS) is 17.7. The number of rotatable bonds is 39. The summed E-state index contributed by atoms with van der Waals surface area (Å²) in [7, 11) is 1.41. The summed E-state index contributed by atoms with van der Waals surface area (Å²) in [4.78, 5) is 35.4. The van der Waals surface area contributed by atoms with Crippen LogP contribution in [-0.2, 0) is 37.4 Å². The highest BCUT2D eigenvalue weighted by molar-refractivity contribution is 7.47. The fourth-order valence-corrected chi connectivity index (χ4v) is 6.68. The van der Waals surface area contributed by atoms with Gasteiger partial charge < -0.3 is 23.6 Å². The molecule has 0 radical (unpaired) electrons. The number of epoxide rings is 1. The van der Waals surface area contributed by atoms with E-state index in [1.807, 2.05) is 33.3 Å². The number of esters is 2. The molecule has 3 unspecified atom stereocenters. The van der Waals surface area contributed by atoms with E-state index < -0.39 is 32.5 Å². The summed E-state index contributed by atoms with van der Waals surface area (Å²) >= 11 is 0. The van der Waals surface area contributed by atoms with Crippen molar-refractivity contribution in [3.63, 3.8) is 0 Å². The minimum atomic E-state index is -4.40. The minimum absolute atomic E-state index is 0.0119. The van der Waals surface area contributed by atoms with E-state index in [1.165, 1.54) is 51.4 Å². The topological polar surface area (TPSA) is 121 Å². The third-order valence-electron chi connectivity index (χ3n) is 9.65. The predicted molar refractivity (Wildman–Crippen MR) is 242 cm³/mol. The average molecular weight is 849 g/mol. The number of carbonyl (C=O) groups is 2. The van der Waals surface area contributed by atoms with E-state index in [0.717, 1.165) is 64.2 Å². The molecule has 1 aliphatic heterocycles. The Labute approximate surface area is 359 Å². The van der Waals surface area contributed by atoms with Crippen LogP contribution in [0, 0.1) is 0 Å². The maximum Gasteiger partial charge on any atom is 0.472 e. The molecule has 0 aromatic heterocycles. The number of hydrogen-bond acceptors (Lipinski definition) is 8. The molecular formula is C48H83NO9P+. The van der Waals surface area contributed by atoms with Crippen molar-refractivity contribution < 1.29 is 46.8 Å². The Balaban J connectivity index is 2.33. The molecule has 59 heavy (non-hydrogen) atoms. The standard InChI is InChI=1S/C48H82NO9P/c1-6-8-10-11-12-13-14-15-16-17-18-19-20-21-22-23-27-30-34-38-47(50)54-42-44(43-56-59(52,53)55-41-40-49(3,4)5)57-48(51)39-35-31-28-25-24-26-29-33-37-46-45(58-46)36-32-9-7-2/h12-13,15-16,18-19,21-22,27,29-30,33,44-46H,6-11,14,17,20,23-26,28,31-32,34-43H2,1-5H3/p+1/b13-12-,16-15-,19-18-,22-21-,30-27-,33-29-/t44-,45?,46?/m1/s1. The fraction of sp³-hybridized carbons (Fsp3) is 0.708. The van der Waals surface area contributed by atoms with Crippen molar-refractivity contribution in [3.05, 3.63) is 72.9 Å². The number of unbranched alkanes of at least 4 members (excludes halogenated alkanes) is 10. The first kappa shape index (κ1) is 54.4. The van der Waals surface area contributed by atoms with Crippen LogP contribution in [0.4, 0.5) is 0 Å². The molecule has 338 valence electrons. The molecule has 11 heteroatoms. The highest BCUT2D eigenvalue weighted by atomic mass is 31.2. The van der Waals surface area contributed by atoms with Crippen LogP contribution in [0.1, 0.15) is 155 Å². The van der Waals surface area contributed by atoms with Gasteiger partial charge in [-0.1, -0.05) is 138 Å². The van der Waals surface area contributed by atoms with Gasteiger partial charge in [-0.3, -0.25) is 18.6 Å². The van der Waals surface area contributed by atoms with E-state index in [-0.39, 0.29) is 26.1 Å². The van der Waals surface area contributed by atoms with Crippen molar-refractivity contribution in [2.24, 2.45) is 0 Å². The van der Waals surface area contributed by atoms with Crippen molar-refractivity contribution in [2.75, 3.05) is 47.5 Å². The highest BCUT2D eigenvalue weighted by Crippen LogP contribution is 2.43. The summed E-state index contributed by atoms with van der Waals surface area (Å²) in [6, 6.07) is 0. The third kappa shape index (κ3) is 36.9. The largest absolute Gasteiger partial charge is 0.472 e. The zero-order chi connectivity index (χ0) is 43.3. The maximum absolute atomic E-state index is 12.7. The van der Waals surface area contributed by atoms with E-state index in [4.69, 9.17) is 23.3 Å². The molecule has 0 aliphatic carbocycles. The zero-order valence-corrected chi connectivity index (χ0v) is 38.5. The van der Waals surface area contributed by atoms with Gasteiger partial charge >= 0.3 is 19.8 Å². The molecule has 0 bridgehead atoms. The molecule has 1 fully saturated rings. The van der Waals surface area contributed by atoms with Gasteiger partial charge in [-0.05, 0) is 77.0 Å². The van der Waals surface area contributed by atoms with Gasteiger partial charge in [-0.15, -0.1) is 0 Å². The summed E-state index contributed by atoms with van der Waals surface area (Å²) in [5, 5.41) is 0. The molecule has 1 heterocycles. The average Bonchev–Trinajstić information content (AvgIpc) is 3.94. The Morgan fingerprint density at radius 1 is 0.627 bits per heavy atom. The van der Waals surface area contributed by atoms with Gasteiger partial charge in [0.1, 0.15) is 19.8 Å². The summed E-state index contributed by atoms with van der Waals surface area (Å²) in [6.07, 6.45) is 47.1. The Morgan fingerprint density at radius 2 is 1.17 bits per heavy atom. The molecule has 0 spiro atoms. The van der Waals surface area contributed by atoms with Gasteiger partial charge in [-0.2, -0.15) is 0 Å². The van der Waals surface area contributed by atoms with Crippen LogP contribution < -0.4 is 0 Å². The van der Waals surface area contributed by atoms with Gasteiger partial charge in [0.05, 0.1) is 40.0 Å². The van der Waals surface area contributed by atoms with Gasteiger partial charge in [0.15, 0.2) is 6.10 Å². The first-order chi connectivity index (χ1) is 28.5. The Bertz CT molecular complexity index is 1300. The molecule has 0 aromatic rings. The lowest BCUT2D eigenvalue weighted by Crippen LogP contribution is -2.37. The van der Waals surface area contributed by atoms with E-state index >= 15 is 0 Å². The van der Waals surface area contributed by atoms with Crippen molar-refractivity contribution in [1.82, 2.24) is 0 Å². The third-order valence-corrected chi connectivity index (χ3v) is 10.6. The quantitative estimate of drug-likeness (QED) is 0.0161. The maximum atomic E-state index is 12.7. The second-order valence-electron chi connectivity index (χ2n) is 16.5. The first-order valence-corrected chi connectivity index (χ1v) is 24.3. The Hall–Kier alpha value is -2.59. The van der Waals surface area contributed by atoms with E-state index in [1.54, 1.807) is 0 Å². The number of hydrogen-bond donors (Lipinski definition) is 1. The number of likely N-dealkylation sites (N-methyl/N-ethyl adjacent to an activating group) is 1. The van der Waals surface area contributed by atoms with E-state index in [9.17, 15) is 19.0 Å². The smallest absolute Gasteiger partial charge is 0.462 e. The van der Waals surface area contributed by atoms with Gasteiger partial charge in [0, 0.05) is 12.8 Å². The Kier molecular flexibility index (Phi) is 33.3. The van der Waals surface area contributed by atoms with Crippen molar-refractivity contribution in [1.29, 1.82) is 0 Å². The molecule has 1 aliphatic rings. The minimum Gasteiger partial charge on any atom is -0.462 e. The predicted octanol–water partition coefficient (Wildman–Crippen LogP) is 12.0. The number of phosphoric ester groups is 1. The first-order valence-electron chi connectivity index (χ1n) is 22.8. The molecule has 1 N–H and O–H groups in total. The van der Waals surface area contributed by atoms with Crippen molar-refractivity contribution >= 4 is 19.8 Å². The fourth-order valence-electron chi connectivity index (χ4n) is 5.94. The highest BCUT2D eigenvalue weighted by Gasteiger charge is 2.36. The van der Waals surface area contributed by atoms with Crippen LogP contribution in [0.25, 0.3) is 0 Å². The molecular weight excluding hydrogens is 765 g/mol. The summed E-state index contributed by atoms with van der Waals surface area (Å²) in [5.41, 5.74) is 0. The van der Waals surface area contributed by atoms with Crippen LogP contribution in [-0.4, -0.2) is 87.1 Å². The molecule has 1 saturated heterocycles. The lowest BCUT2D eigenvalue weighted by molar-refractivity contribution is -0.870. The summed E-state index contributed by atoms with van der Waals surface area (Å²) in [5.74, 6) is -0.923. The SMILES string of the molecule is CCCCC/C=C\C/C=C\C/C=C\C/C=C\C/C=C\CCC(=O)OC[C@H](COP(=O)(O)OCC[N+](C)(C)C)OC(=O)CCCCCCC/C=C\CC1OC1CCCCC. The molecule has 1 rings (SSSR count). The van der Waals surface area contributed by atoms with Gasteiger partial charge in [0.2, 0.25) is 0 Å². The summed E-state index contributed by atoms with van der Waals surface area (Å²) in [6.45, 7) is 4.24. The Morgan fingerprint density at radius 3 is 1.80 bits per heavy atom. The van der Waals surface area contributed by atoms with Crippen molar-refractivity contribution in [2.45, 2.75) is 173 Å². The second kappa shape index (κ2) is 36.1. The van der Waals surface area contributed by atoms with Crippen molar-refractivity contribution in [3.8, 4) is 0 Å². The lowest BCUT2D eigenvalue weighted by Gasteiger charge is -2.24. The number of carbonyl (C=O) groups excluding carboxylic acids is 2. The van der Waals surface area contributed by atoms with Crippen LogP contribution in [0.5, 0.6) is 0 Å². The number of allylic oxidation sites excluding steroid dienone is 11. The van der Waals surface area contributed by atoms with E-state index in [2.05, 4.69) is 74.6 Å². The second-order valence-corrected chi connectivity index (χ2v) is 17.9. The lowest BCUT2D eigenvalue weighted by atomic mass is 10.1. The monoisotopic (exact) mass is 849 g/mol. The molecule has 0 aromatic carbocycles. The number of nitrogens with zero attached hydrogens (tertiary/aromatic N) is 1. The van der Waals surface area contributed by atoms with Crippen LogP contribution in [0.15, 0.2) is 72.9 Å².